The summed E-state index contributed by atoms with van der Waals surface area (Å²) in [7, 11) is 0. The van der Waals surface area contributed by atoms with Crippen molar-refractivity contribution in [1.82, 2.24) is 4.90 Å². The summed E-state index contributed by atoms with van der Waals surface area (Å²) in [6.07, 6.45) is 1.41. The second-order valence-electron chi connectivity index (χ2n) is 6.12. The maximum atomic E-state index is 5.97. The minimum absolute atomic E-state index is 0.283. The van der Waals surface area contributed by atoms with Gasteiger partial charge in [-0.15, -0.1) is 0 Å². The van der Waals surface area contributed by atoms with Crippen LogP contribution in [-0.4, -0.2) is 49.8 Å². The van der Waals surface area contributed by atoms with Crippen molar-refractivity contribution in [2.24, 2.45) is 0 Å². The molecule has 1 aliphatic rings. The molecule has 0 amide bonds. The van der Waals surface area contributed by atoms with E-state index in [1.165, 1.54) is 5.69 Å². The first-order valence-corrected chi connectivity index (χ1v) is 8.06. The SMILES string of the molecule is CCCN(CC1CN(C(C)C)CCO1)c1ccc(N)cc1. The average Bonchev–Trinajstić information content (AvgIpc) is 2.48. The molecule has 2 N–H and O–H groups in total. The summed E-state index contributed by atoms with van der Waals surface area (Å²) >= 11 is 0. The predicted molar refractivity (Wildman–Crippen MR) is 89.8 cm³/mol. The maximum Gasteiger partial charge on any atom is 0.0877 e. The topological polar surface area (TPSA) is 41.7 Å². The fraction of sp³-hybridized carbons (Fsp3) is 0.647. The van der Waals surface area contributed by atoms with Gasteiger partial charge in [-0.1, -0.05) is 6.92 Å². The fourth-order valence-corrected chi connectivity index (χ4v) is 2.85. The molecule has 0 spiro atoms. The molecule has 0 radical (unpaired) electrons. The van der Waals surface area contributed by atoms with Crippen LogP contribution < -0.4 is 10.6 Å². The second kappa shape index (κ2) is 7.66. The van der Waals surface area contributed by atoms with E-state index < -0.39 is 0 Å². The van der Waals surface area contributed by atoms with Gasteiger partial charge in [0.25, 0.3) is 0 Å². The maximum absolute atomic E-state index is 5.97. The molecule has 1 atom stereocenters. The highest BCUT2D eigenvalue weighted by atomic mass is 16.5. The van der Waals surface area contributed by atoms with E-state index in [4.69, 9.17) is 10.5 Å². The molecule has 1 aromatic carbocycles. The van der Waals surface area contributed by atoms with Gasteiger partial charge in [-0.3, -0.25) is 4.90 Å². The van der Waals surface area contributed by atoms with Crippen molar-refractivity contribution in [3.05, 3.63) is 24.3 Å². The van der Waals surface area contributed by atoms with Gasteiger partial charge >= 0.3 is 0 Å². The van der Waals surface area contributed by atoms with Gasteiger partial charge in [-0.05, 0) is 44.5 Å². The number of nitrogens with two attached hydrogens (primary N) is 1. The standard InChI is InChI=1S/C17H29N3O/c1-4-9-20(16-7-5-15(18)6-8-16)13-17-12-19(14(2)3)10-11-21-17/h5-8,14,17H,4,9-13,18H2,1-3H3. The van der Waals surface area contributed by atoms with Gasteiger partial charge in [-0.2, -0.15) is 0 Å². The molecule has 118 valence electrons. The lowest BCUT2D eigenvalue weighted by Gasteiger charge is -2.38. The summed E-state index contributed by atoms with van der Waals surface area (Å²) in [5, 5.41) is 0. The number of anilines is 2. The predicted octanol–water partition coefficient (Wildman–Crippen LogP) is 2.59. The Kier molecular flexibility index (Phi) is 5.88. The van der Waals surface area contributed by atoms with Crippen LogP contribution in [0.15, 0.2) is 24.3 Å². The summed E-state index contributed by atoms with van der Waals surface area (Å²) in [5.74, 6) is 0. The Hall–Kier alpha value is -1.26. The van der Waals surface area contributed by atoms with Crippen molar-refractivity contribution in [2.75, 3.05) is 43.4 Å². The molecule has 1 fully saturated rings. The third-order valence-corrected chi connectivity index (χ3v) is 4.08. The van der Waals surface area contributed by atoms with Gasteiger partial charge in [0, 0.05) is 43.6 Å². The largest absolute Gasteiger partial charge is 0.399 e. The summed E-state index contributed by atoms with van der Waals surface area (Å²) in [4.78, 5) is 4.91. The van der Waals surface area contributed by atoms with E-state index in [2.05, 4.69) is 42.7 Å². The van der Waals surface area contributed by atoms with Crippen LogP contribution in [0.2, 0.25) is 0 Å². The van der Waals surface area contributed by atoms with Gasteiger partial charge in [0.15, 0.2) is 0 Å². The Balaban J connectivity index is 2.00. The lowest BCUT2D eigenvalue weighted by molar-refractivity contribution is -0.0342. The highest BCUT2D eigenvalue weighted by molar-refractivity contribution is 5.53. The summed E-state index contributed by atoms with van der Waals surface area (Å²) in [5.41, 5.74) is 7.83. The molecule has 1 aliphatic heterocycles. The molecule has 0 aromatic heterocycles. The second-order valence-corrected chi connectivity index (χ2v) is 6.12. The highest BCUT2D eigenvalue weighted by Crippen LogP contribution is 2.19. The Bertz CT molecular complexity index is 419. The average molecular weight is 291 g/mol. The van der Waals surface area contributed by atoms with E-state index in [1.54, 1.807) is 0 Å². The highest BCUT2D eigenvalue weighted by Gasteiger charge is 2.24. The van der Waals surface area contributed by atoms with E-state index in [9.17, 15) is 0 Å². The zero-order chi connectivity index (χ0) is 15.2. The quantitative estimate of drug-likeness (QED) is 0.818. The molecule has 1 unspecified atom stereocenters. The van der Waals surface area contributed by atoms with Crippen molar-refractivity contribution in [3.8, 4) is 0 Å². The monoisotopic (exact) mass is 291 g/mol. The van der Waals surface area contributed by atoms with Crippen LogP contribution in [0.5, 0.6) is 0 Å². The van der Waals surface area contributed by atoms with Gasteiger partial charge in [-0.25, -0.2) is 0 Å². The summed E-state index contributed by atoms with van der Waals surface area (Å²) < 4.78 is 5.97. The molecule has 0 aliphatic carbocycles. The number of hydrogen-bond donors (Lipinski definition) is 1. The minimum Gasteiger partial charge on any atom is -0.399 e. The van der Waals surface area contributed by atoms with E-state index in [1.807, 2.05) is 12.1 Å². The minimum atomic E-state index is 0.283. The van der Waals surface area contributed by atoms with Crippen LogP contribution in [0.4, 0.5) is 11.4 Å². The molecule has 2 rings (SSSR count). The van der Waals surface area contributed by atoms with Crippen LogP contribution in [0, 0.1) is 0 Å². The van der Waals surface area contributed by atoms with Crippen molar-refractivity contribution < 1.29 is 4.74 Å². The Morgan fingerprint density at radius 3 is 2.67 bits per heavy atom. The van der Waals surface area contributed by atoms with Gasteiger partial charge < -0.3 is 15.4 Å². The smallest absolute Gasteiger partial charge is 0.0877 e. The summed E-state index contributed by atoms with van der Waals surface area (Å²) in [6.45, 7) is 11.6. The van der Waals surface area contributed by atoms with Crippen molar-refractivity contribution in [3.63, 3.8) is 0 Å². The number of nitrogens with zero attached hydrogens (tertiary/aromatic N) is 2. The summed E-state index contributed by atoms with van der Waals surface area (Å²) in [6, 6.07) is 8.75. The van der Waals surface area contributed by atoms with E-state index >= 15 is 0 Å². The van der Waals surface area contributed by atoms with Crippen molar-refractivity contribution in [1.29, 1.82) is 0 Å². The number of rotatable bonds is 6. The lowest BCUT2D eigenvalue weighted by atomic mass is 10.2. The first kappa shape index (κ1) is 16.1. The number of morpholine rings is 1. The number of benzene rings is 1. The Morgan fingerprint density at radius 2 is 2.05 bits per heavy atom. The normalized spacial score (nSPS) is 19.9. The Morgan fingerprint density at radius 1 is 1.33 bits per heavy atom. The molecule has 1 heterocycles. The third kappa shape index (κ3) is 4.61. The van der Waals surface area contributed by atoms with Crippen LogP contribution >= 0.6 is 0 Å². The van der Waals surface area contributed by atoms with Gasteiger partial charge in [0.1, 0.15) is 0 Å². The zero-order valence-corrected chi connectivity index (χ0v) is 13.6. The van der Waals surface area contributed by atoms with Gasteiger partial charge in [0.05, 0.1) is 12.7 Å². The van der Waals surface area contributed by atoms with Crippen LogP contribution in [0.25, 0.3) is 0 Å². The first-order valence-electron chi connectivity index (χ1n) is 8.06. The first-order chi connectivity index (χ1) is 10.1. The van der Waals surface area contributed by atoms with E-state index in [-0.39, 0.29) is 6.10 Å². The van der Waals surface area contributed by atoms with Gasteiger partial charge in [0.2, 0.25) is 0 Å². The molecule has 0 saturated carbocycles. The number of nitrogen functional groups attached to an aromatic ring is 1. The number of ether oxygens (including phenoxy) is 1. The molecular weight excluding hydrogens is 262 g/mol. The fourth-order valence-electron chi connectivity index (χ4n) is 2.85. The lowest BCUT2D eigenvalue weighted by Crippen LogP contribution is -2.50. The number of hydrogen-bond acceptors (Lipinski definition) is 4. The molecule has 21 heavy (non-hydrogen) atoms. The molecule has 0 bridgehead atoms. The molecule has 4 heteroatoms. The van der Waals surface area contributed by atoms with E-state index in [0.29, 0.717) is 6.04 Å². The van der Waals surface area contributed by atoms with Crippen molar-refractivity contribution in [2.45, 2.75) is 39.3 Å². The molecular formula is C17H29N3O. The molecule has 1 aromatic rings. The molecule has 4 nitrogen and oxygen atoms in total. The van der Waals surface area contributed by atoms with Crippen molar-refractivity contribution >= 4 is 11.4 Å². The van der Waals surface area contributed by atoms with Crippen LogP contribution in [0.3, 0.4) is 0 Å². The van der Waals surface area contributed by atoms with Crippen LogP contribution in [-0.2, 0) is 4.74 Å². The molecule has 1 saturated heterocycles. The van der Waals surface area contributed by atoms with Crippen LogP contribution in [0.1, 0.15) is 27.2 Å². The third-order valence-electron chi connectivity index (χ3n) is 4.08. The Labute approximate surface area is 128 Å². The van der Waals surface area contributed by atoms with E-state index in [0.717, 1.165) is 44.9 Å². The zero-order valence-electron chi connectivity index (χ0n) is 13.6.